The van der Waals surface area contributed by atoms with E-state index < -0.39 is 0 Å². The Hall–Kier alpha value is -2.65. The van der Waals surface area contributed by atoms with Gasteiger partial charge in [0, 0.05) is 35.6 Å². The Bertz CT molecular complexity index is 1240. The van der Waals surface area contributed by atoms with Gasteiger partial charge in [0.1, 0.15) is 10.5 Å². The second kappa shape index (κ2) is 5.96. The van der Waals surface area contributed by atoms with Gasteiger partial charge < -0.3 is 4.57 Å². The number of hydrogen-bond acceptors (Lipinski definition) is 7. The maximum atomic E-state index is 12.9. The molecule has 7 nitrogen and oxygen atoms in total. The predicted octanol–water partition coefficient (Wildman–Crippen LogP) is 2.40. The van der Waals surface area contributed by atoms with E-state index in [0.717, 1.165) is 44.3 Å². The van der Waals surface area contributed by atoms with Crippen LogP contribution in [0.1, 0.15) is 9.88 Å². The number of allylic oxidation sites excluding steroid dienone is 1. The maximum absolute atomic E-state index is 12.9. The van der Waals surface area contributed by atoms with Crippen molar-refractivity contribution < 1.29 is 0 Å². The molecule has 0 spiro atoms. The van der Waals surface area contributed by atoms with Gasteiger partial charge in [-0.05, 0) is 6.08 Å². The van der Waals surface area contributed by atoms with E-state index in [1.165, 1.54) is 16.0 Å². The summed E-state index contributed by atoms with van der Waals surface area (Å²) in [7, 11) is 1.89. The first kappa shape index (κ1) is 15.6. The zero-order chi connectivity index (χ0) is 17.7. The van der Waals surface area contributed by atoms with E-state index in [1.807, 2.05) is 23.8 Å². The second-order valence-corrected chi connectivity index (χ2v) is 8.12. The van der Waals surface area contributed by atoms with Crippen molar-refractivity contribution in [1.29, 1.82) is 0 Å². The van der Waals surface area contributed by atoms with Crippen molar-refractivity contribution in [1.82, 2.24) is 24.3 Å². The van der Waals surface area contributed by atoms with E-state index >= 15 is 0 Å². The molecule has 26 heavy (non-hydrogen) atoms. The highest BCUT2D eigenvalue weighted by molar-refractivity contribution is 7.19. The SMILES string of the molecule is Cn1c2nc(CC3=NCC=C3)sc2c2cnn(Cc3cncs3)c(=O)c21. The van der Waals surface area contributed by atoms with Gasteiger partial charge in [0.15, 0.2) is 5.65 Å². The average Bonchev–Trinajstić information content (AvgIpc) is 3.39. The van der Waals surface area contributed by atoms with Gasteiger partial charge >= 0.3 is 0 Å². The first-order valence-corrected chi connectivity index (χ1v) is 9.81. The van der Waals surface area contributed by atoms with Crippen molar-refractivity contribution >= 4 is 49.6 Å². The van der Waals surface area contributed by atoms with E-state index in [4.69, 9.17) is 4.98 Å². The minimum absolute atomic E-state index is 0.103. The first-order valence-electron chi connectivity index (χ1n) is 8.12. The van der Waals surface area contributed by atoms with E-state index in [1.54, 1.807) is 29.2 Å². The van der Waals surface area contributed by atoms with Crippen molar-refractivity contribution in [2.75, 3.05) is 6.54 Å². The molecular weight excluding hydrogens is 368 g/mol. The number of thiazole rings is 2. The molecule has 0 saturated heterocycles. The lowest BCUT2D eigenvalue weighted by Crippen LogP contribution is -2.24. The van der Waals surface area contributed by atoms with Crippen LogP contribution in [0.25, 0.3) is 21.3 Å². The summed E-state index contributed by atoms with van der Waals surface area (Å²) in [5, 5.41) is 6.24. The normalized spacial score (nSPS) is 14.0. The Morgan fingerprint density at radius 1 is 1.31 bits per heavy atom. The molecule has 0 atom stereocenters. The van der Waals surface area contributed by atoms with Crippen LogP contribution in [0.3, 0.4) is 0 Å². The van der Waals surface area contributed by atoms with Crippen molar-refractivity contribution in [3.05, 3.63) is 50.3 Å². The highest BCUT2D eigenvalue weighted by Gasteiger charge is 2.19. The molecule has 1 aliphatic rings. The first-order chi connectivity index (χ1) is 12.7. The Morgan fingerprint density at radius 3 is 3.00 bits per heavy atom. The topological polar surface area (TPSA) is 78.0 Å². The predicted molar refractivity (Wildman–Crippen MR) is 105 cm³/mol. The molecule has 0 aliphatic carbocycles. The molecule has 0 saturated carbocycles. The van der Waals surface area contributed by atoms with Crippen LogP contribution in [-0.4, -0.2) is 36.6 Å². The molecular formula is C17H14N6OS2. The quantitative estimate of drug-likeness (QED) is 0.543. The fourth-order valence-corrected chi connectivity index (χ4v) is 4.87. The average molecular weight is 382 g/mol. The Balaban J connectivity index is 1.61. The third-order valence-electron chi connectivity index (χ3n) is 4.40. The lowest BCUT2D eigenvalue weighted by molar-refractivity contribution is 0.650. The lowest BCUT2D eigenvalue weighted by atomic mass is 10.3. The highest BCUT2D eigenvalue weighted by atomic mass is 32.1. The van der Waals surface area contributed by atoms with Gasteiger partial charge in [0.2, 0.25) is 0 Å². The van der Waals surface area contributed by atoms with E-state index in [2.05, 4.69) is 15.1 Å². The molecule has 4 aromatic heterocycles. The molecule has 0 N–H and O–H groups in total. The molecule has 0 unspecified atom stereocenters. The van der Waals surface area contributed by atoms with Crippen molar-refractivity contribution in [2.45, 2.75) is 13.0 Å². The standard InChI is InChI=1S/C17H14N6OS2/c1-22-14-12(7-20-23(17(14)24)8-11-6-18-9-25-11)15-16(22)21-13(26-15)5-10-3-2-4-19-10/h2-3,6-7,9H,4-5,8H2,1H3. The van der Waals surface area contributed by atoms with Crippen LogP contribution in [0.5, 0.6) is 0 Å². The highest BCUT2D eigenvalue weighted by Crippen LogP contribution is 2.31. The van der Waals surface area contributed by atoms with Crippen LogP contribution >= 0.6 is 22.7 Å². The van der Waals surface area contributed by atoms with Gasteiger partial charge in [-0.25, -0.2) is 9.67 Å². The van der Waals surface area contributed by atoms with Crippen LogP contribution in [0.2, 0.25) is 0 Å². The Kier molecular flexibility index (Phi) is 3.57. The van der Waals surface area contributed by atoms with Gasteiger partial charge in [0.25, 0.3) is 5.56 Å². The largest absolute Gasteiger partial charge is 0.323 e. The minimum atomic E-state index is -0.103. The molecule has 5 rings (SSSR count). The molecule has 0 aromatic carbocycles. The minimum Gasteiger partial charge on any atom is -0.323 e. The van der Waals surface area contributed by atoms with Crippen LogP contribution in [0.4, 0.5) is 0 Å². The van der Waals surface area contributed by atoms with Gasteiger partial charge in [-0.2, -0.15) is 5.10 Å². The summed E-state index contributed by atoms with van der Waals surface area (Å²) in [6.07, 6.45) is 8.36. The Labute approximate surface area is 156 Å². The van der Waals surface area contributed by atoms with Gasteiger partial charge in [-0.15, -0.1) is 22.7 Å². The van der Waals surface area contributed by atoms with E-state index in [-0.39, 0.29) is 5.56 Å². The summed E-state index contributed by atoms with van der Waals surface area (Å²) in [5.41, 5.74) is 4.18. The second-order valence-electron chi connectivity index (χ2n) is 6.07. The van der Waals surface area contributed by atoms with Gasteiger partial charge in [-0.1, -0.05) is 6.08 Å². The smallest absolute Gasteiger partial charge is 0.291 e. The number of fused-ring (bicyclic) bond motifs is 3. The number of hydrogen-bond donors (Lipinski definition) is 0. The van der Waals surface area contributed by atoms with Crippen molar-refractivity contribution in [3.8, 4) is 0 Å². The molecule has 0 radical (unpaired) electrons. The maximum Gasteiger partial charge on any atom is 0.291 e. The zero-order valence-corrected chi connectivity index (χ0v) is 15.5. The number of nitrogens with zero attached hydrogens (tertiary/aromatic N) is 6. The Morgan fingerprint density at radius 2 is 2.23 bits per heavy atom. The summed E-state index contributed by atoms with van der Waals surface area (Å²) >= 11 is 3.13. The lowest BCUT2D eigenvalue weighted by Gasteiger charge is -2.03. The summed E-state index contributed by atoms with van der Waals surface area (Å²) in [5.74, 6) is 0. The summed E-state index contributed by atoms with van der Waals surface area (Å²) in [6.45, 7) is 1.19. The molecule has 5 heterocycles. The summed E-state index contributed by atoms with van der Waals surface area (Å²) < 4.78 is 4.37. The number of rotatable bonds is 4. The number of aliphatic imine (C=N–C) groups is 1. The number of aryl methyl sites for hydroxylation is 1. The third-order valence-corrected chi connectivity index (χ3v) is 6.24. The number of aromatic nitrogens is 5. The molecule has 0 amide bonds. The van der Waals surface area contributed by atoms with E-state index in [9.17, 15) is 4.79 Å². The van der Waals surface area contributed by atoms with Crippen molar-refractivity contribution in [3.63, 3.8) is 0 Å². The molecule has 0 fully saturated rings. The molecule has 9 heteroatoms. The molecule has 130 valence electrons. The fraction of sp³-hybridized carbons (Fsp3) is 0.235. The third kappa shape index (κ3) is 2.43. The summed E-state index contributed by atoms with van der Waals surface area (Å²) in [4.78, 5) is 27.1. The van der Waals surface area contributed by atoms with Crippen LogP contribution < -0.4 is 5.56 Å². The molecule has 0 bridgehead atoms. The molecule has 1 aliphatic heterocycles. The monoisotopic (exact) mass is 382 g/mol. The van der Waals surface area contributed by atoms with Crippen LogP contribution in [0, 0.1) is 0 Å². The van der Waals surface area contributed by atoms with Gasteiger partial charge in [0.05, 0.1) is 29.5 Å². The van der Waals surface area contributed by atoms with Crippen LogP contribution in [0.15, 0.2) is 39.8 Å². The van der Waals surface area contributed by atoms with Gasteiger partial charge in [-0.3, -0.25) is 14.8 Å². The van der Waals surface area contributed by atoms with Crippen molar-refractivity contribution in [2.24, 2.45) is 12.0 Å². The van der Waals surface area contributed by atoms with E-state index in [0.29, 0.717) is 12.1 Å². The zero-order valence-electron chi connectivity index (χ0n) is 13.9. The van der Waals surface area contributed by atoms with Crippen LogP contribution in [-0.2, 0) is 20.0 Å². The summed E-state index contributed by atoms with van der Waals surface area (Å²) in [6, 6.07) is 0. The molecule has 4 aromatic rings. The fourth-order valence-electron chi connectivity index (χ4n) is 3.17.